The molecule has 3 aromatic rings. The zero-order chi connectivity index (χ0) is 19.0. The van der Waals surface area contributed by atoms with E-state index in [1.165, 1.54) is 4.57 Å². The Morgan fingerprint density at radius 1 is 1.07 bits per heavy atom. The van der Waals surface area contributed by atoms with E-state index in [0.717, 1.165) is 18.8 Å². The number of carbonyl (C=O) groups is 1. The minimum atomic E-state index is -0.612. The van der Waals surface area contributed by atoms with Crippen molar-refractivity contribution in [1.82, 2.24) is 9.47 Å². The number of hydrogen-bond acceptors (Lipinski definition) is 4. The largest absolute Gasteiger partial charge is 0.420 e. The van der Waals surface area contributed by atoms with Gasteiger partial charge in [-0.25, -0.2) is 4.79 Å². The lowest BCUT2D eigenvalue weighted by Crippen LogP contribution is -2.50. The van der Waals surface area contributed by atoms with Crippen LogP contribution in [0.1, 0.15) is 13.0 Å². The van der Waals surface area contributed by atoms with Gasteiger partial charge in [-0.2, -0.15) is 0 Å². The molecule has 6 nitrogen and oxygen atoms in total. The van der Waals surface area contributed by atoms with Gasteiger partial charge in [0.2, 0.25) is 5.91 Å². The number of aromatic nitrogens is 1. The van der Waals surface area contributed by atoms with E-state index < -0.39 is 11.8 Å². The van der Waals surface area contributed by atoms with Gasteiger partial charge >= 0.3 is 5.76 Å². The number of halogens is 1. The number of hydrogen-bond donors (Lipinski definition) is 0. The van der Waals surface area contributed by atoms with Crippen LogP contribution < -0.4 is 10.7 Å². The zero-order valence-corrected chi connectivity index (χ0v) is 15.7. The maximum Gasteiger partial charge on any atom is 0.420 e. The Morgan fingerprint density at radius 2 is 1.81 bits per heavy atom. The lowest BCUT2D eigenvalue weighted by molar-refractivity contribution is -0.134. The van der Waals surface area contributed by atoms with Crippen molar-refractivity contribution in [1.29, 1.82) is 0 Å². The molecule has 1 aromatic heterocycles. The van der Waals surface area contributed by atoms with Crippen LogP contribution in [0.4, 0.5) is 5.69 Å². The summed E-state index contributed by atoms with van der Waals surface area (Å²) in [5.74, 6) is -0.580. The molecule has 1 unspecified atom stereocenters. The van der Waals surface area contributed by atoms with E-state index in [0.29, 0.717) is 29.2 Å². The number of nitrogens with zero attached hydrogens (tertiary/aromatic N) is 3. The minimum absolute atomic E-state index is 0.0746. The molecule has 0 N–H and O–H groups in total. The molecule has 140 valence electrons. The smallest absolute Gasteiger partial charge is 0.408 e. The van der Waals surface area contributed by atoms with Crippen molar-refractivity contribution in [3.05, 3.63) is 64.1 Å². The van der Waals surface area contributed by atoms with Crippen LogP contribution in [0.15, 0.2) is 57.7 Å². The fourth-order valence-corrected chi connectivity index (χ4v) is 3.77. The van der Waals surface area contributed by atoms with Gasteiger partial charge in [0, 0.05) is 36.9 Å². The van der Waals surface area contributed by atoms with Gasteiger partial charge in [-0.15, -0.1) is 0 Å². The van der Waals surface area contributed by atoms with Gasteiger partial charge in [-0.1, -0.05) is 29.8 Å². The van der Waals surface area contributed by atoms with Gasteiger partial charge in [-0.3, -0.25) is 9.36 Å². The van der Waals surface area contributed by atoms with Gasteiger partial charge < -0.3 is 14.2 Å². The summed E-state index contributed by atoms with van der Waals surface area (Å²) in [7, 11) is 0. The number of amides is 1. The monoisotopic (exact) mass is 385 g/mol. The van der Waals surface area contributed by atoms with E-state index in [2.05, 4.69) is 4.90 Å². The van der Waals surface area contributed by atoms with E-state index in [1.807, 2.05) is 30.3 Å². The molecule has 1 fully saturated rings. The van der Waals surface area contributed by atoms with E-state index in [9.17, 15) is 9.59 Å². The van der Waals surface area contributed by atoms with Gasteiger partial charge in [0.25, 0.3) is 0 Å². The Bertz CT molecular complexity index is 1030. The Hall–Kier alpha value is -2.73. The fraction of sp³-hybridized carbons (Fsp3) is 0.300. The second-order valence-corrected chi connectivity index (χ2v) is 7.11. The third kappa shape index (κ3) is 3.32. The van der Waals surface area contributed by atoms with Gasteiger partial charge in [0.05, 0.1) is 5.52 Å². The summed E-state index contributed by atoms with van der Waals surface area (Å²) in [5.41, 5.74) is 2.19. The highest BCUT2D eigenvalue weighted by Crippen LogP contribution is 2.22. The van der Waals surface area contributed by atoms with Crippen LogP contribution in [-0.4, -0.2) is 41.6 Å². The molecule has 7 heteroatoms. The van der Waals surface area contributed by atoms with Gasteiger partial charge in [0.15, 0.2) is 5.58 Å². The number of para-hydroxylation sites is 2. The zero-order valence-electron chi connectivity index (χ0n) is 15.0. The molecule has 0 saturated carbocycles. The number of carbonyl (C=O) groups excluding carboxylic acids is 1. The molecule has 0 spiro atoms. The average Bonchev–Trinajstić information content (AvgIpc) is 3.02. The van der Waals surface area contributed by atoms with Crippen molar-refractivity contribution >= 4 is 34.3 Å². The van der Waals surface area contributed by atoms with E-state index in [-0.39, 0.29) is 5.91 Å². The average molecular weight is 386 g/mol. The number of fused-ring (bicyclic) bond motifs is 1. The second kappa shape index (κ2) is 7.12. The van der Waals surface area contributed by atoms with Crippen LogP contribution in [0.5, 0.6) is 0 Å². The molecule has 1 aliphatic rings. The molecule has 2 aromatic carbocycles. The summed E-state index contributed by atoms with van der Waals surface area (Å²) in [6.45, 7) is 4.38. The molecule has 0 aliphatic carbocycles. The third-order valence-electron chi connectivity index (χ3n) is 5.03. The predicted molar refractivity (Wildman–Crippen MR) is 105 cm³/mol. The first-order valence-corrected chi connectivity index (χ1v) is 9.32. The molecule has 2 heterocycles. The van der Waals surface area contributed by atoms with Crippen LogP contribution in [0.2, 0.25) is 5.02 Å². The van der Waals surface area contributed by atoms with Crippen LogP contribution >= 0.6 is 11.6 Å². The molecule has 1 aliphatic heterocycles. The lowest BCUT2D eigenvalue weighted by atomic mass is 10.2. The summed E-state index contributed by atoms with van der Waals surface area (Å²) in [4.78, 5) is 29.2. The van der Waals surface area contributed by atoms with Crippen molar-refractivity contribution in [2.24, 2.45) is 0 Å². The highest BCUT2D eigenvalue weighted by molar-refractivity contribution is 6.30. The second-order valence-electron chi connectivity index (χ2n) is 6.67. The molecular formula is C20H20ClN3O3. The Morgan fingerprint density at radius 3 is 2.56 bits per heavy atom. The van der Waals surface area contributed by atoms with Gasteiger partial charge in [-0.05, 0) is 37.3 Å². The molecule has 1 saturated heterocycles. The Kier molecular flexibility index (Phi) is 4.66. The first kappa shape index (κ1) is 17.7. The summed E-state index contributed by atoms with van der Waals surface area (Å²) < 4.78 is 6.69. The fourth-order valence-electron chi connectivity index (χ4n) is 3.58. The quantitative estimate of drug-likeness (QED) is 0.695. The van der Waals surface area contributed by atoms with Gasteiger partial charge in [0.1, 0.15) is 6.04 Å². The van der Waals surface area contributed by atoms with E-state index >= 15 is 0 Å². The van der Waals surface area contributed by atoms with Crippen molar-refractivity contribution in [3.63, 3.8) is 0 Å². The molecule has 4 rings (SSSR count). The van der Waals surface area contributed by atoms with Crippen molar-refractivity contribution < 1.29 is 9.21 Å². The first-order chi connectivity index (χ1) is 13.0. The number of oxazole rings is 1. The standard InChI is InChI=1S/C20H20ClN3O3/c1-14(24-17-7-2-3-8-18(17)27-20(24)26)19(25)23-11-9-22(10-12-23)16-6-4-5-15(21)13-16/h2-8,13-14H,9-12H2,1H3. The predicted octanol–water partition coefficient (Wildman–Crippen LogP) is 3.16. The Labute approximate surface area is 161 Å². The number of benzene rings is 2. The van der Waals surface area contributed by atoms with Crippen molar-refractivity contribution in [2.45, 2.75) is 13.0 Å². The normalized spacial score (nSPS) is 15.9. The van der Waals surface area contributed by atoms with Crippen LogP contribution in [0, 0.1) is 0 Å². The van der Waals surface area contributed by atoms with Crippen LogP contribution in [-0.2, 0) is 4.79 Å². The summed E-state index contributed by atoms with van der Waals surface area (Å²) in [6, 6.07) is 14.3. The maximum atomic E-state index is 13.0. The van der Waals surface area contributed by atoms with E-state index in [4.69, 9.17) is 16.0 Å². The number of piperazine rings is 1. The first-order valence-electron chi connectivity index (χ1n) is 8.94. The van der Waals surface area contributed by atoms with Crippen molar-refractivity contribution in [2.75, 3.05) is 31.1 Å². The third-order valence-corrected chi connectivity index (χ3v) is 5.26. The molecule has 0 radical (unpaired) electrons. The highest BCUT2D eigenvalue weighted by atomic mass is 35.5. The topological polar surface area (TPSA) is 58.7 Å². The molecule has 1 amide bonds. The van der Waals surface area contributed by atoms with E-state index in [1.54, 1.807) is 30.0 Å². The summed E-state index contributed by atoms with van der Waals surface area (Å²) >= 11 is 6.07. The molecule has 0 bridgehead atoms. The molecule has 27 heavy (non-hydrogen) atoms. The Balaban J connectivity index is 1.49. The van der Waals surface area contributed by atoms with Crippen molar-refractivity contribution in [3.8, 4) is 0 Å². The number of rotatable bonds is 3. The summed E-state index contributed by atoms with van der Waals surface area (Å²) in [6.07, 6.45) is 0. The lowest BCUT2D eigenvalue weighted by Gasteiger charge is -2.37. The highest BCUT2D eigenvalue weighted by Gasteiger charge is 2.28. The van der Waals surface area contributed by atoms with Crippen LogP contribution in [0.3, 0.4) is 0 Å². The molecule has 1 atom stereocenters. The summed E-state index contributed by atoms with van der Waals surface area (Å²) in [5, 5.41) is 0.700. The van der Waals surface area contributed by atoms with Crippen LogP contribution in [0.25, 0.3) is 11.1 Å². The number of anilines is 1. The minimum Gasteiger partial charge on any atom is -0.408 e. The molecular weight excluding hydrogens is 366 g/mol. The SMILES string of the molecule is CC(C(=O)N1CCN(c2cccc(Cl)c2)CC1)n1c(=O)oc2ccccc21. The maximum absolute atomic E-state index is 13.0.